The van der Waals surface area contributed by atoms with Gasteiger partial charge in [0.05, 0.1) is 28.4 Å². The van der Waals surface area contributed by atoms with E-state index in [4.69, 9.17) is 18.9 Å². The van der Waals surface area contributed by atoms with E-state index in [1.807, 2.05) is 6.07 Å². The van der Waals surface area contributed by atoms with Crippen molar-refractivity contribution in [2.24, 2.45) is 0 Å². The maximum atomic E-state index is 14.3. The lowest BCUT2D eigenvalue weighted by Gasteiger charge is -2.37. The number of carbonyl (C=O) groups excluding carboxylic acids is 2. The average Bonchev–Trinajstić information content (AvgIpc) is 3.18. The van der Waals surface area contributed by atoms with Crippen LogP contribution in [-0.4, -0.2) is 50.1 Å². The fraction of sp³-hybridized carbons (Fsp3) is 0.214. The molecule has 0 aromatic heterocycles. The fourth-order valence-corrected chi connectivity index (χ4v) is 4.38. The van der Waals surface area contributed by atoms with E-state index in [0.717, 1.165) is 5.56 Å². The number of benzene rings is 3. The number of carbonyl (C=O) groups is 2. The van der Waals surface area contributed by atoms with Crippen LogP contribution in [0, 0.1) is 0 Å². The molecule has 0 aliphatic carbocycles. The van der Waals surface area contributed by atoms with Gasteiger partial charge in [-0.3, -0.25) is 9.59 Å². The fourth-order valence-electron chi connectivity index (χ4n) is 4.38. The maximum Gasteiger partial charge on any atom is 0.290 e. The molecule has 0 saturated heterocycles. The minimum absolute atomic E-state index is 0.0346. The summed E-state index contributed by atoms with van der Waals surface area (Å²) in [7, 11) is 6.08. The number of ether oxygens (including phenoxy) is 4. The van der Waals surface area contributed by atoms with E-state index in [1.165, 1.54) is 32.3 Å². The number of methoxy groups -OCH3 is 4. The van der Waals surface area contributed by atoms with Crippen LogP contribution < -0.4 is 18.9 Å². The van der Waals surface area contributed by atoms with E-state index in [1.54, 1.807) is 67.8 Å². The van der Waals surface area contributed by atoms with Gasteiger partial charge in [0.1, 0.15) is 11.5 Å². The van der Waals surface area contributed by atoms with Crippen molar-refractivity contribution in [2.75, 3.05) is 28.4 Å². The summed E-state index contributed by atoms with van der Waals surface area (Å²) in [5, 5.41) is 10.7. The van der Waals surface area contributed by atoms with Crippen LogP contribution in [0.1, 0.15) is 21.5 Å². The van der Waals surface area contributed by atoms with Gasteiger partial charge in [-0.25, -0.2) is 0 Å². The third-order valence-electron chi connectivity index (χ3n) is 6.23. The van der Waals surface area contributed by atoms with Crippen LogP contribution in [0.2, 0.25) is 0 Å². The molecule has 1 amide bonds. The Morgan fingerprint density at radius 3 is 2.17 bits per heavy atom. The van der Waals surface area contributed by atoms with E-state index >= 15 is 0 Å². The summed E-state index contributed by atoms with van der Waals surface area (Å²) in [4.78, 5) is 28.9. The first-order valence-corrected chi connectivity index (χ1v) is 11.2. The standard InChI is InChI=1S/C28H27NO7/c1-33-21-11-8-19(9-12-21)26(31)28(20-10-13-24(35-3)25(15-20)36-4)16-23(30)27(32)29(28)17-18-6-5-7-22(14-18)34-2/h5-16,30H,17H2,1-4H3. The molecule has 186 valence electrons. The summed E-state index contributed by atoms with van der Waals surface area (Å²) in [5.41, 5.74) is -0.169. The van der Waals surface area contributed by atoms with Gasteiger partial charge in [-0.1, -0.05) is 18.2 Å². The zero-order valence-corrected chi connectivity index (χ0v) is 20.5. The van der Waals surface area contributed by atoms with Crippen LogP contribution in [0.15, 0.2) is 78.6 Å². The molecule has 1 N–H and O–H groups in total. The molecule has 0 bridgehead atoms. The highest BCUT2D eigenvalue weighted by Gasteiger charge is 2.52. The zero-order chi connectivity index (χ0) is 25.9. The molecule has 4 rings (SSSR count). The van der Waals surface area contributed by atoms with Crippen LogP contribution in [0.4, 0.5) is 0 Å². The zero-order valence-electron chi connectivity index (χ0n) is 20.5. The molecule has 36 heavy (non-hydrogen) atoms. The van der Waals surface area contributed by atoms with Crippen molar-refractivity contribution in [3.8, 4) is 23.0 Å². The Hall–Kier alpha value is -4.46. The van der Waals surface area contributed by atoms with E-state index in [9.17, 15) is 14.7 Å². The predicted octanol–water partition coefficient (Wildman–Crippen LogP) is 4.28. The quantitative estimate of drug-likeness (QED) is 0.448. The second-order valence-corrected chi connectivity index (χ2v) is 8.17. The molecule has 0 radical (unpaired) electrons. The number of aliphatic hydroxyl groups excluding tert-OH is 1. The second-order valence-electron chi connectivity index (χ2n) is 8.17. The Kier molecular flexibility index (Phi) is 6.87. The molecule has 1 aliphatic heterocycles. The third kappa shape index (κ3) is 4.22. The molecule has 8 heteroatoms. The van der Waals surface area contributed by atoms with E-state index in [-0.39, 0.29) is 6.54 Å². The first-order chi connectivity index (χ1) is 17.4. The molecule has 3 aromatic rings. The Morgan fingerprint density at radius 2 is 1.53 bits per heavy atom. The minimum Gasteiger partial charge on any atom is -0.503 e. The molecular weight excluding hydrogens is 462 g/mol. The van der Waals surface area contributed by atoms with Gasteiger partial charge in [0.25, 0.3) is 5.91 Å². The number of nitrogens with zero attached hydrogens (tertiary/aromatic N) is 1. The van der Waals surface area contributed by atoms with Crippen molar-refractivity contribution in [3.05, 3.63) is 95.3 Å². The molecule has 3 aromatic carbocycles. The van der Waals surface area contributed by atoms with E-state index in [0.29, 0.717) is 34.1 Å². The second kappa shape index (κ2) is 10.0. The number of aliphatic hydroxyl groups is 1. The number of rotatable bonds is 9. The highest BCUT2D eigenvalue weighted by molar-refractivity contribution is 6.11. The lowest BCUT2D eigenvalue weighted by atomic mass is 9.81. The van der Waals surface area contributed by atoms with Gasteiger partial charge in [0.2, 0.25) is 0 Å². The third-order valence-corrected chi connectivity index (χ3v) is 6.23. The minimum atomic E-state index is -1.65. The SMILES string of the molecule is COc1ccc(C(=O)C2(c3ccc(OC)c(OC)c3)C=C(O)C(=O)N2Cc2cccc(OC)c2)cc1. The van der Waals surface area contributed by atoms with Crippen molar-refractivity contribution in [1.82, 2.24) is 4.90 Å². The van der Waals surface area contributed by atoms with Crippen LogP contribution in [0.5, 0.6) is 23.0 Å². The molecule has 1 atom stereocenters. The normalized spacial score (nSPS) is 16.9. The highest BCUT2D eigenvalue weighted by Crippen LogP contribution is 2.44. The van der Waals surface area contributed by atoms with Crippen molar-refractivity contribution in [3.63, 3.8) is 0 Å². The lowest BCUT2D eigenvalue weighted by Crippen LogP contribution is -2.49. The van der Waals surface area contributed by atoms with Crippen molar-refractivity contribution in [2.45, 2.75) is 12.1 Å². The summed E-state index contributed by atoms with van der Waals surface area (Å²) < 4.78 is 21.4. The highest BCUT2D eigenvalue weighted by atomic mass is 16.5. The van der Waals surface area contributed by atoms with Crippen molar-refractivity contribution < 1.29 is 33.6 Å². The van der Waals surface area contributed by atoms with Crippen LogP contribution in [-0.2, 0) is 16.9 Å². The number of hydrogen-bond donors (Lipinski definition) is 1. The van der Waals surface area contributed by atoms with Crippen LogP contribution in [0.3, 0.4) is 0 Å². The van der Waals surface area contributed by atoms with Gasteiger partial charge in [0.15, 0.2) is 28.6 Å². The molecule has 8 nitrogen and oxygen atoms in total. The van der Waals surface area contributed by atoms with Gasteiger partial charge < -0.3 is 29.0 Å². The average molecular weight is 490 g/mol. The molecule has 0 saturated carbocycles. The van der Waals surface area contributed by atoms with Gasteiger partial charge >= 0.3 is 0 Å². The van der Waals surface area contributed by atoms with Crippen molar-refractivity contribution >= 4 is 11.7 Å². The Balaban J connectivity index is 1.92. The van der Waals surface area contributed by atoms with Gasteiger partial charge in [0, 0.05) is 18.2 Å². The number of hydrogen-bond acceptors (Lipinski definition) is 7. The van der Waals surface area contributed by atoms with E-state index < -0.39 is 23.0 Å². The summed E-state index contributed by atoms with van der Waals surface area (Å²) in [6.07, 6.45) is 1.29. The predicted molar refractivity (Wildman–Crippen MR) is 133 cm³/mol. The molecular formula is C28H27NO7. The monoisotopic (exact) mass is 489 g/mol. The van der Waals surface area contributed by atoms with E-state index in [2.05, 4.69) is 0 Å². The number of ketones is 1. The number of amides is 1. The van der Waals surface area contributed by atoms with Crippen molar-refractivity contribution in [1.29, 1.82) is 0 Å². The lowest BCUT2D eigenvalue weighted by molar-refractivity contribution is -0.131. The molecule has 1 unspecified atom stereocenters. The first-order valence-electron chi connectivity index (χ1n) is 11.2. The topological polar surface area (TPSA) is 94.5 Å². The van der Waals surface area contributed by atoms with Gasteiger partial charge in [-0.05, 0) is 59.7 Å². The summed E-state index contributed by atoms with van der Waals surface area (Å²) in [5.74, 6) is 0.438. The largest absolute Gasteiger partial charge is 0.503 e. The summed E-state index contributed by atoms with van der Waals surface area (Å²) in [6.45, 7) is 0.0346. The molecule has 0 fully saturated rings. The van der Waals surface area contributed by atoms with Crippen LogP contribution >= 0.6 is 0 Å². The first kappa shape index (κ1) is 24.7. The Bertz CT molecular complexity index is 1320. The molecule has 0 spiro atoms. The summed E-state index contributed by atoms with van der Waals surface area (Å²) in [6, 6.07) is 18.8. The summed E-state index contributed by atoms with van der Waals surface area (Å²) >= 11 is 0. The Labute approximate surface area is 209 Å². The van der Waals surface area contributed by atoms with Crippen LogP contribution in [0.25, 0.3) is 0 Å². The maximum absolute atomic E-state index is 14.3. The van der Waals surface area contributed by atoms with Gasteiger partial charge in [-0.2, -0.15) is 0 Å². The molecule has 1 aliphatic rings. The number of Topliss-reactive ketones (excluding diaryl/α,β-unsaturated/α-hetero) is 1. The van der Waals surface area contributed by atoms with Gasteiger partial charge in [-0.15, -0.1) is 0 Å². The smallest absolute Gasteiger partial charge is 0.290 e. The Morgan fingerprint density at radius 1 is 0.833 bits per heavy atom. The molecule has 1 heterocycles.